The third-order valence-electron chi connectivity index (χ3n) is 1.29. The molecule has 0 aromatic carbocycles. The van der Waals surface area contributed by atoms with E-state index < -0.39 is 0 Å². The number of allylic oxidation sites excluding steroid dienone is 3. The summed E-state index contributed by atoms with van der Waals surface area (Å²) in [5.74, 6) is -0.238. The number of amides is 1. The van der Waals surface area contributed by atoms with E-state index in [0.717, 1.165) is 5.57 Å². The van der Waals surface area contributed by atoms with Crippen molar-refractivity contribution in [3.8, 4) is 6.07 Å². The number of hydrogen-bond acceptors (Lipinski definition) is 2. The highest BCUT2D eigenvalue weighted by atomic mass is 16.1. The Morgan fingerprint density at radius 1 is 1.58 bits per heavy atom. The van der Waals surface area contributed by atoms with Gasteiger partial charge >= 0.3 is 0 Å². The van der Waals surface area contributed by atoms with Gasteiger partial charge in [0.05, 0.1) is 6.07 Å². The monoisotopic (exact) mass is 164 g/mol. The topological polar surface area (TPSA) is 52.9 Å². The predicted octanol–water partition coefficient (Wildman–Crippen LogP) is 1.15. The van der Waals surface area contributed by atoms with Crippen LogP contribution in [-0.4, -0.2) is 12.5 Å². The van der Waals surface area contributed by atoms with Gasteiger partial charge in [-0.2, -0.15) is 5.26 Å². The van der Waals surface area contributed by atoms with Gasteiger partial charge in [0.2, 0.25) is 5.91 Å². The third-order valence-corrected chi connectivity index (χ3v) is 1.29. The van der Waals surface area contributed by atoms with Gasteiger partial charge in [-0.1, -0.05) is 17.7 Å². The van der Waals surface area contributed by atoms with Gasteiger partial charge in [0.15, 0.2) is 0 Å². The fraction of sp³-hybridized carbons (Fsp3) is 0.333. The highest BCUT2D eigenvalue weighted by Gasteiger charge is 1.90. The molecule has 0 radical (unpaired) electrons. The van der Waals surface area contributed by atoms with Crippen molar-refractivity contribution in [3.63, 3.8) is 0 Å². The molecule has 0 aliphatic heterocycles. The molecular weight excluding hydrogens is 152 g/mol. The van der Waals surface area contributed by atoms with Gasteiger partial charge in [0, 0.05) is 6.08 Å². The molecule has 3 heteroatoms. The maximum Gasteiger partial charge on any atom is 0.244 e. The lowest BCUT2D eigenvalue weighted by Crippen LogP contribution is -2.20. The second kappa shape index (κ2) is 6.17. The molecule has 0 aromatic heterocycles. The van der Waals surface area contributed by atoms with Gasteiger partial charge in [0.1, 0.15) is 6.54 Å². The standard InChI is InChI=1S/C9H12N2O/c1-3-8(2)4-5-9(12)11-7-6-10/h3-5H,7H2,1-2H3,(H,11,12)/b5-4+,8-3-. The van der Waals surface area contributed by atoms with Crippen LogP contribution in [0.1, 0.15) is 13.8 Å². The molecule has 12 heavy (non-hydrogen) atoms. The molecule has 0 fully saturated rings. The van der Waals surface area contributed by atoms with E-state index in [-0.39, 0.29) is 12.5 Å². The number of nitrogens with one attached hydrogen (secondary N) is 1. The Hall–Kier alpha value is -1.56. The van der Waals surface area contributed by atoms with Crippen molar-refractivity contribution in [2.75, 3.05) is 6.54 Å². The summed E-state index contributed by atoms with van der Waals surface area (Å²) in [6.45, 7) is 3.85. The van der Waals surface area contributed by atoms with Crippen molar-refractivity contribution in [1.29, 1.82) is 5.26 Å². The van der Waals surface area contributed by atoms with E-state index in [0.29, 0.717) is 0 Å². The normalized spacial score (nSPS) is 11.2. The smallest absolute Gasteiger partial charge is 0.244 e. The Morgan fingerprint density at radius 3 is 2.75 bits per heavy atom. The molecule has 64 valence electrons. The SMILES string of the molecule is C/C=C(C)\C=C\C(=O)NCC#N. The molecule has 1 N–H and O–H groups in total. The van der Waals surface area contributed by atoms with Crippen LogP contribution in [-0.2, 0) is 4.79 Å². The number of nitrogens with zero attached hydrogens (tertiary/aromatic N) is 1. The van der Waals surface area contributed by atoms with E-state index in [9.17, 15) is 4.79 Å². The van der Waals surface area contributed by atoms with E-state index in [1.165, 1.54) is 6.08 Å². The summed E-state index contributed by atoms with van der Waals surface area (Å²) in [4.78, 5) is 10.8. The predicted molar refractivity (Wildman–Crippen MR) is 47.2 cm³/mol. The zero-order valence-electron chi connectivity index (χ0n) is 7.29. The van der Waals surface area contributed by atoms with Crippen molar-refractivity contribution in [2.45, 2.75) is 13.8 Å². The average molecular weight is 164 g/mol. The molecule has 0 aliphatic rings. The Morgan fingerprint density at radius 2 is 2.25 bits per heavy atom. The van der Waals surface area contributed by atoms with E-state index >= 15 is 0 Å². The maximum atomic E-state index is 10.8. The molecule has 0 bridgehead atoms. The van der Waals surface area contributed by atoms with Gasteiger partial charge in [-0.25, -0.2) is 0 Å². The molecule has 0 rings (SSSR count). The molecule has 0 aromatic rings. The summed E-state index contributed by atoms with van der Waals surface area (Å²) in [5, 5.41) is 10.5. The Balaban J connectivity index is 3.85. The van der Waals surface area contributed by atoms with Gasteiger partial charge in [-0.15, -0.1) is 0 Å². The summed E-state index contributed by atoms with van der Waals surface area (Å²) < 4.78 is 0. The molecule has 3 nitrogen and oxygen atoms in total. The molecule has 0 atom stereocenters. The van der Waals surface area contributed by atoms with Crippen molar-refractivity contribution >= 4 is 5.91 Å². The van der Waals surface area contributed by atoms with Crippen LogP contribution in [0.5, 0.6) is 0 Å². The van der Waals surface area contributed by atoms with Crippen LogP contribution in [0.3, 0.4) is 0 Å². The van der Waals surface area contributed by atoms with Crippen LogP contribution in [0.25, 0.3) is 0 Å². The molecule has 0 unspecified atom stereocenters. The minimum absolute atomic E-state index is 0.0536. The zero-order valence-corrected chi connectivity index (χ0v) is 7.29. The Kier molecular flexibility index (Phi) is 5.37. The van der Waals surface area contributed by atoms with Crippen LogP contribution in [0.15, 0.2) is 23.8 Å². The lowest BCUT2D eigenvalue weighted by molar-refractivity contribution is -0.116. The quantitative estimate of drug-likeness (QED) is 0.386. The fourth-order valence-corrected chi connectivity index (χ4v) is 0.489. The summed E-state index contributed by atoms with van der Waals surface area (Å²) in [6, 6.07) is 1.82. The average Bonchev–Trinajstić information content (AvgIpc) is 2.10. The lowest BCUT2D eigenvalue weighted by Gasteiger charge is -1.92. The van der Waals surface area contributed by atoms with Crippen LogP contribution in [0.2, 0.25) is 0 Å². The minimum Gasteiger partial charge on any atom is -0.339 e. The Bertz CT molecular complexity index is 246. The lowest BCUT2D eigenvalue weighted by atomic mass is 10.2. The molecule has 1 amide bonds. The third kappa shape index (κ3) is 5.24. The van der Waals surface area contributed by atoms with Crippen LogP contribution >= 0.6 is 0 Å². The first kappa shape index (κ1) is 10.4. The molecule has 0 heterocycles. The molecular formula is C9H12N2O. The van der Waals surface area contributed by atoms with Gasteiger partial charge < -0.3 is 5.32 Å². The van der Waals surface area contributed by atoms with Crippen molar-refractivity contribution < 1.29 is 4.79 Å². The van der Waals surface area contributed by atoms with E-state index in [1.807, 2.05) is 26.0 Å². The van der Waals surface area contributed by atoms with E-state index in [4.69, 9.17) is 5.26 Å². The van der Waals surface area contributed by atoms with Crippen molar-refractivity contribution in [3.05, 3.63) is 23.8 Å². The molecule has 0 saturated heterocycles. The van der Waals surface area contributed by atoms with Crippen molar-refractivity contribution in [1.82, 2.24) is 5.32 Å². The minimum atomic E-state index is -0.238. The molecule has 0 saturated carbocycles. The number of nitriles is 1. The first-order chi connectivity index (χ1) is 5.70. The van der Waals surface area contributed by atoms with E-state index in [1.54, 1.807) is 6.08 Å². The van der Waals surface area contributed by atoms with Gasteiger partial charge in [0.25, 0.3) is 0 Å². The van der Waals surface area contributed by atoms with E-state index in [2.05, 4.69) is 5.32 Å². The number of hydrogen-bond donors (Lipinski definition) is 1. The zero-order chi connectivity index (χ0) is 9.40. The second-order valence-corrected chi connectivity index (χ2v) is 2.24. The van der Waals surface area contributed by atoms with Crippen LogP contribution < -0.4 is 5.32 Å². The van der Waals surface area contributed by atoms with Crippen LogP contribution in [0, 0.1) is 11.3 Å². The highest BCUT2D eigenvalue weighted by Crippen LogP contribution is 1.92. The first-order valence-electron chi connectivity index (χ1n) is 3.66. The summed E-state index contributed by atoms with van der Waals surface area (Å²) in [5.41, 5.74) is 1.02. The number of carbonyl (C=O) groups is 1. The van der Waals surface area contributed by atoms with Gasteiger partial charge in [-0.05, 0) is 13.8 Å². The van der Waals surface area contributed by atoms with Crippen molar-refractivity contribution in [2.24, 2.45) is 0 Å². The Labute approximate surface area is 72.4 Å². The highest BCUT2D eigenvalue weighted by molar-refractivity contribution is 5.88. The largest absolute Gasteiger partial charge is 0.339 e. The second-order valence-electron chi connectivity index (χ2n) is 2.24. The summed E-state index contributed by atoms with van der Waals surface area (Å²) in [7, 11) is 0. The molecule has 0 spiro atoms. The fourth-order valence-electron chi connectivity index (χ4n) is 0.489. The summed E-state index contributed by atoms with van der Waals surface area (Å²) >= 11 is 0. The van der Waals surface area contributed by atoms with Gasteiger partial charge in [-0.3, -0.25) is 4.79 Å². The number of carbonyl (C=O) groups excluding carboxylic acids is 1. The maximum absolute atomic E-state index is 10.8. The number of rotatable bonds is 3. The summed E-state index contributed by atoms with van der Waals surface area (Å²) in [6.07, 6.45) is 5.01. The van der Waals surface area contributed by atoms with Crippen LogP contribution in [0.4, 0.5) is 0 Å². The molecule has 0 aliphatic carbocycles. The first-order valence-corrected chi connectivity index (χ1v) is 3.66.